The molecule has 0 atom stereocenters. The molecule has 0 radical (unpaired) electrons. The molecule has 0 fully saturated rings. The molecule has 0 aliphatic carbocycles. The van der Waals surface area contributed by atoms with Crippen LogP contribution in [0.2, 0.25) is 5.15 Å². The highest BCUT2D eigenvalue weighted by atomic mass is 35.5. The van der Waals surface area contributed by atoms with E-state index in [1.807, 2.05) is 13.8 Å². The number of aromatic nitrogens is 4. The summed E-state index contributed by atoms with van der Waals surface area (Å²) in [5, 5.41) is 0.487. The van der Waals surface area contributed by atoms with Gasteiger partial charge >= 0.3 is 0 Å². The Morgan fingerprint density at radius 2 is 2.12 bits per heavy atom. The Hall–Kier alpha value is -1.55. The Morgan fingerprint density at radius 1 is 1.31 bits per heavy atom. The Kier molecular flexibility index (Phi) is 3.10. The van der Waals surface area contributed by atoms with Crippen molar-refractivity contribution in [1.29, 1.82) is 0 Å². The Balaban J connectivity index is 2.55. The monoisotopic (exact) mass is 234 g/mol. The van der Waals surface area contributed by atoms with Crippen LogP contribution in [-0.2, 0) is 6.42 Å². The first kappa shape index (κ1) is 11.0. The molecule has 2 rings (SSSR count). The molecular weight excluding hydrogens is 224 g/mol. The lowest BCUT2D eigenvalue weighted by Crippen LogP contribution is -2.00. The maximum atomic E-state index is 6.05. The highest BCUT2D eigenvalue weighted by Crippen LogP contribution is 2.20. The van der Waals surface area contributed by atoms with Gasteiger partial charge in [-0.2, -0.15) is 0 Å². The summed E-state index contributed by atoms with van der Waals surface area (Å²) in [6.07, 6.45) is 3.95. The zero-order valence-corrected chi connectivity index (χ0v) is 9.86. The largest absolute Gasteiger partial charge is 0.245 e. The normalized spacial score (nSPS) is 10.4. The van der Waals surface area contributed by atoms with E-state index < -0.39 is 0 Å². The first-order valence-electron chi connectivity index (χ1n) is 5.01. The second-order valence-electron chi connectivity index (χ2n) is 3.36. The maximum absolute atomic E-state index is 6.05. The standard InChI is InChI=1S/C11H11ClN4/c1-3-8-7(2)10(12)16-11(15-8)9-4-5-13-6-14-9/h4-6H,3H2,1-2H3. The lowest BCUT2D eigenvalue weighted by atomic mass is 10.2. The predicted molar refractivity (Wildman–Crippen MR) is 62.2 cm³/mol. The fourth-order valence-corrected chi connectivity index (χ4v) is 1.60. The maximum Gasteiger partial charge on any atom is 0.179 e. The van der Waals surface area contributed by atoms with Gasteiger partial charge in [0, 0.05) is 17.5 Å². The van der Waals surface area contributed by atoms with Crippen molar-refractivity contribution in [2.75, 3.05) is 0 Å². The lowest BCUT2D eigenvalue weighted by molar-refractivity contribution is 0.968. The Bertz CT molecular complexity index is 499. The summed E-state index contributed by atoms with van der Waals surface area (Å²) >= 11 is 6.05. The third-order valence-corrected chi connectivity index (χ3v) is 2.70. The molecule has 16 heavy (non-hydrogen) atoms. The van der Waals surface area contributed by atoms with Gasteiger partial charge in [-0.1, -0.05) is 18.5 Å². The van der Waals surface area contributed by atoms with E-state index in [4.69, 9.17) is 11.6 Å². The summed E-state index contributed by atoms with van der Waals surface area (Å²) < 4.78 is 0. The van der Waals surface area contributed by atoms with Crippen LogP contribution in [0.5, 0.6) is 0 Å². The average Bonchev–Trinajstić information content (AvgIpc) is 2.33. The number of nitrogens with zero attached hydrogens (tertiary/aromatic N) is 4. The fraction of sp³-hybridized carbons (Fsp3) is 0.273. The van der Waals surface area contributed by atoms with Crippen LogP contribution in [0.25, 0.3) is 11.5 Å². The summed E-state index contributed by atoms with van der Waals surface area (Å²) in [4.78, 5) is 16.6. The van der Waals surface area contributed by atoms with Crippen molar-refractivity contribution in [2.45, 2.75) is 20.3 Å². The minimum Gasteiger partial charge on any atom is -0.245 e. The lowest BCUT2D eigenvalue weighted by Gasteiger charge is -2.06. The van der Waals surface area contributed by atoms with Gasteiger partial charge in [-0.3, -0.25) is 0 Å². The van der Waals surface area contributed by atoms with Crippen LogP contribution in [0.15, 0.2) is 18.6 Å². The number of halogens is 1. The molecule has 0 saturated carbocycles. The van der Waals surface area contributed by atoms with E-state index in [1.165, 1.54) is 6.33 Å². The minimum absolute atomic E-state index is 0.487. The minimum atomic E-state index is 0.487. The number of aryl methyl sites for hydroxylation is 1. The van der Waals surface area contributed by atoms with Crippen LogP contribution in [0.1, 0.15) is 18.2 Å². The summed E-state index contributed by atoms with van der Waals surface area (Å²) in [6, 6.07) is 1.76. The first-order valence-corrected chi connectivity index (χ1v) is 5.39. The second-order valence-corrected chi connectivity index (χ2v) is 3.72. The van der Waals surface area contributed by atoms with Crippen molar-refractivity contribution in [1.82, 2.24) is 19.9 Å². The molecule has 82 valence electrons. The van der Waals surface area contributed by atoms with E-state index in [0.29, 0.717) is 16.7 Å². The highest BCUT2D eigenvalue weighted by Gasteiger charge is 2.09. The number of rotatable bonds is 2. The van der Waals surface area contributed by atoms with Gasteiger partial charge in [-0.05, 0) is 19.4 Å². The number of hydrogen-bond donors (Lipinski definition) is 0. The molecular formula is C11H11ClN4. The molecule has 0 spiro atoms. The van der Waals surface area contributed by atoms with Crippen molar-refractivity contribution in [3.63, 3.8) is 0 Å². The van der Waals surface area contributed by atoms with Crippen LogP contribution in [0.3, 0.4) is 0 Å². The van der Waals surface area contributed by atoms with E-state index in [0.717, 1.165) is 17.7 Å². The molecule has 0 unspecified atom stereocenters. The third-order valence-electron chi connectivity index (χ3n) is 2.33. The molecule has 0 amide bonds. The summed E-state index contributed by atoms with van der Waals surface area (Å²) in [5.41, 5.74) is 2.57. The van der Waals surface area contributed by atoms with Crippen molar-refractivity contribution < 1.29 is 0 Å². The molecule has 2 heterocycles. The SMILES string of the molecule is CCc1nc(-c2ccncn2)nc(Cl)c1C. The second kappa shape index (κ2) is 4.53. The summed E-state index contributed by atoms with van der Waals surface area (Å²) in [7, 11) is 0. The van der Waals surface area contributed by atoms with E-state index in [2.05, 4.69) is 19.9 Å². The average molecular weight is 235 g/mol. The van der Waals surface area contributed by atoms with Crippen LogP contribution in [0.4, 0.5) is 0 Å². The molecule has 4 nitrogen and oxygen atoms in total. The van der Waals surface area contributed by atoms with Crippen molar-refractivity contribution in [2.24, 2.45) is 0 Å². The Labute approximate surface area is 98.8 Å². The van der Waals surface area contributed by atoms with Crippen LogP contribution in [0, 0.1) is 6.92 Å². The van der Waals surface area contributed by atoms with Gasteiger partial charge in [0.25, 0.3) is 0 Å². The molecule has 5 heteroatoms. The van der Waals surface area contributed by atoms with Gasteiger partial charge in [0.05, 0.1) is 0 Å². The quantitative estimate of drug-likeness (QED) is 0.749. The summed E-state index contributed by atoms with van der Waals surface area (Å²) in [6.45, 7) is 3.96. The van der Waals surface area contributed by atoms with Gasteiger partial charge in [0.1, 0.15) is 17.2 Å². The molecule has 2 aromatic heterocycles. The highest BCUT2D eigenvalue weighted by molar-refractivity contribution is 6.30. The van der Waals surface area contributed by atoms with Gasteiger partial charge in [0.2, 0.25) is 0 Å². The fourth-order valence-electron chi connectivity index (χ4n) is 1.41. The summed E-state index contributed by atoms with van der Waals surface area (Å²) in [5.74, 6) is 0.551. The molecule has 0 saturated heterocycles. The van der Waals surface area contributed by atoms with E-state index in [-0.39, 0.29) is 0 Å². The van der Waals surface area contributed by atoms with E-state index >= 15 is 0 Å². The zero-order valence-electron chi connectivity index (χ0n) is 9.11. The van der Waals surface area contributed by atoms with E-state index in [1.54, 1.807) is 12.3 Å². The molecule has 2 aromatic rings. The third kappa shape index (κ3) is 2.02. The van der Waals surface area contributed by atoms with Gasteiger partial charge in [0.15, 0.2) is 5.82 Å². The van der Waals surface area contributed by atoms with Crippen LogP contribution >= 0.6 is 11.6 Å². The topological polar surface area (TPSA) is 51.6 Å². The van der Waals surface area contributed by atoms with Gasteiger partial charge < -0.3 is 0 Å². The molecule has 0 aliphatic heterocycles. The smallest absolute Gasteiger partial charge is 0.179 e. The van der Waals surface area contributed by atoms with Crippen molar-refractivity contribution in [3.8, 4) is 11.5 Å². The van der Waals surface area contributed by atoms with Gasteiger partial charge in [-0.25, -0.2) is 19.9 Å². The van der Waals surface area contributed by atoms with E-state index in [9.17, 15) is 0 Å². The predicted octanol–water partition coefficient (Wildman–Crippen LogP) is 2.46. The van der Waals surface area contributed by atoms with Crippen LogP contribution in [-0.4, -0.2) is 19.9 Å². The zero-order chi connectivity index (χ0) is 11.5. The van der Waals surface area contributed by atoms with Gasteiger partial charge in [-0.15, -0.1) is 0 Å². The molecule has 0 N–H and O–H groups in total. The molecule has 0 bridgehead atoms. The first-order chi connectivity index (χ1) is 7.72. The van der Waals surface area contributed by atoms with Crippen molar-refractivity contribution in [3.05, 3.63) is 35.0 Å². The Morgan fingerprint density at radius 3 is 2.75 bits per heavy atom. The van der Waals surface area contributed by atoms with Crippen LogP contribution < -0.4 is 0 Å². The molecule has 0 aromatic carbocycles. The van der Waals surface area contributed by atoms with Crippen molar-refractivity contribution >= 4 is 11.6 Å². The molecule has 0 aliphatic rings. The number of hydrogen-bond acceptors (Lipinski definition) is 4.